The van der Waals surface area contributed by atoms with E-state index in [4.69, 9.17) is 15.0 Å². The average molecular weight is 645 g/mol. The van der Waals surface area contributed by atoms with Crippen molar-refractivity contribution < 1.29 is 0 Å². The number of nitrogens with zero attached hydrogens (tertiary/aromatic N) is 6. The highest BCUT2D eigenvalue weighted by Gasteiger charge is 2.20. The normalized spacial score (nSPS) is 12.1. The number of hydrogen-bond acceptors (Lipinski definition) is 5. The first-order chi connectivity index (χ1) is 24.3. The summed E-state index contributed by atoms with van der Waals surface area (Å²) in [5.41, 5.74) is 8.20. The van der Waals surface area contributed by atoms with E-state index in [1.165, 1.54) is 30.9 Å². The Hall–Kier alpha value is -6.44. The molecule has 6 nitrogen and oxygen atoms in total. The van der Waals surface area contributed by atoms with Gasteiger partial charge in [0.05, 0.1) is 33.3 Å². The molecule has 5 aromatic heterocycles. The van der Waals surface area contributed by atoms with E-state index in [0.29, 0.717) is 5.82 Å². The molecule has 0 unspecified atom stereocenters. The second-order valence-electron chi connectivity index (χ2n) is 12.3. The zero-order valence-corrected chi connectivity index (χ0v) is 26.8. The standard InChI is InChI=1S/C42H24N6S/c1-4-12-33-26(8-1)30-24-37-31(23-36(30)47(33)35-14-7-11-32-41(35)44-21-20-43-32)27-9-2-5-13-34(27)48(37)40-18-19-45-42(46-40)25-16-17-29-28-10-3-6-15-38(28)49-39(29)22-25/h1-24H. The third-order valence-corrected chi connectivity index (χ3v) is 10.8. The SMILES string of the molecule is c1cc(-n2c3ccccc3c3cc4c(cc32)c2ccccc2n4-c2ccnc(-c3ccc4c(c3)sc3ccccc34)n2)c2nccnc2c1. The number of thiophene rings is 1. The van der Waals surface area contributed by atoms with E-state index >= 15 is 0 Å². The van der Waals surface area contributed by atoms with E-state index in [0.717, 1.165) is 60.9 Å². The largest absolute Gasteiger partial charge is 0.307 e. The number of hydrogen-bond donors (Lipinski definition) is 0. The fourth-order valence-electron chi connectivity index (χ4n) is 7.57. The zero-order chi connectivity index (χ0) is 32.1. The Kier molecular flexibility index (Phi) is 5.45. The number of aromatic nitrogens is 6. The van der Waals surface area contributed by atoms with Crippen molar-refractivity contribution in [2.24, 2.45) is 0 Å². The minimum absolute atomic E-state index is 0.706. The summed E-state index contributed by atoms with van der Waals surface area (Å²) in [7, 11) is 0. The highest BCUT2D eigenvalue weighted by atomic mass is 32.1. The molecule has 0 radical (unpaired) electrons. The summed E-state index contributed by atoms with van der Waals surface area (Å²) >= 11 is 1.81. The molecule has 0 saturated carbocycles. The topological polar surface area (TPSA) is 61.4 Å². The molecule has 228 valence electrons. The number of para-hydroxylation sites is 3. The summed E-state index contributed by atoms with van der Waals surface area (Å²) in [5, 5.41) is 7.22. The molecule has 0 N–H and O–H groups in total. The van der Waals surface area contributed by atoms with Gasteiger partial charge in [-0.25, -0.2) is 9.97 Å². The van der Waals surface area contributed by atoms with E-state index in [-0.39, 0.29) is 0 Å². The van der Waals surface area contributed by atoms with Gasteiger partial charge in [-0.05, 0) is 54.6 Å². The molecule has 0 aliphatic rings. The van der Waals surface area contributed by atoms with Crippen molar-refractivity contribution in [3.05, 3.63) is 146 Å². The van der Waals surface area contributed by atoms with Crippen LogP contribution in [0.4, 0.5) is 0 Å². The maximum atomic E-state index is 5.21. The average Bonchev–Trinajstić information content (AvgIpc) is 3.81. The van der Waals surface area contributed by atoms with E-state index in [1.807, 2.05) is 29.7 Å². The van der Waals surface area contributed by atoms with E-state index < -0.39 is 0 Å². The van der Waals surface area contributed by atoms with Crippen molar-refractivity contribution in [3.8, 4) is 22.9 Å². The number of rotatable bonds is 3. The van der Waals surface area contributed by atoms with Crippen LogP contribution in [0.1, 0.15) is 0 Å². The van der Waals surface area contributed by atoms with Gasteiger partial charge >= 0.3 is 0 Å². The molecule has 6 aromatic carbocycles. The Morgan fingerprint density at radius 1 is 0.449 bits per heavy atom. The first-order valence-corrected chi connectivity index (χ1v) is 17.0. The Bertz CT molecular complexity index is 3130. The van der Waals surface area contributed by atoms with Crippen LogP contribution < -0.4 is 0 Å². The van der Waals surface area contributed by atoms with E-state index in [9.17, 15) is 0 Å². The lowest BCUT2D eigenvalue weighted by molar-refractivity contribution is 1.05. The quantitative estimate of drug-likeness (QED) is 0.192. The summed E-state index contributed by atoms with van der Waals surface area (Å²) in [5.74, 6) is 1.54. The lowest BCUT2D eigenvalue weighted by atomic mass is 10.1. The molecule has 5 heterocycles. The van der Waals surface area contributed by atoms with E-state index in [2.05, 4.69) is 129 Å². The van der Waals surface area contributed by atoms with Crippen molar-refractivity contribution in [2.45, 2.75) is 0 Å². The van der Waals surface area contributed by atoms with Gasteiger partial charge in [0.1, 0.15) is 11.3 Å². The molecule has 0 amide bonds. The summed E-state index contributed by atoms with van der Waals surface area (Å²) in [4.78, 5) is 19.3. The van der Waals surface area contributed by atoms with Crippen LogP contribution >= 0.6 is 11.3 Å². The summed E-state index contributed by atoms with van der Waals surface area (Å²) in [6.07, 6.45) is 5.39. The van der Waals surface area contributed by atoms with Gasteiger partial charge < -0.3 is 4.57 Å². The van der Waals surface area contributed by atoms with Crippen LogP contribution in [0.3, 0.4) is 0 Å². The van der Waals surface area contributed by atoms with Gasteiger partial charge in [-0.2, -0.15) is 0 Å². The fraction of sp³-hybridized carbons (Fsp3) is 0. The van der Waals surface area contributed by atoms with Gasteiger partial charge in [-0.1, -0.05) is 72.8 Å². The van der Waals surface area contributed by atoms with Gasteiger partial charge in [0.15, 0.2) is 5.82 Å². The molecule has 49 heavy (non-hydrogen) atoms. The molecule has 7 heteroatoms. The van der Waals surface area contributed by atoms with Crippen molar-refractivity contribution >= 4 is 86.2 Å². The van der Waals surface area contributed by atoms with Gasteiger partial charge in [0.2, 0.25) is 0 Å². The van der Waals surface area contributed by atoms with Gasteiger partial charge in [0, 0.05) is 65.9 Å². The molecule has 0 saturated heterocycles. The Balaban J connectivity index is 1.17. The predicted molar refractivity (Wildman–Crippen MR) is 202 cm³/mol. The lowest BCUT2D eigenvalue weighted by Gasteiger charge is -2.11. The lowest BCUT2D eigenvalue weighted by Crippen LogP contribution is -2.00. The summed E-state index contributed by atoms with van der Waals surface area (Å²) in [6.45, 7) is 0. The summed E-state index contributed by atoms with van der Waals surface area (Å²) < 4.78 is 7.14. The Morgan fingerprint density at radius 2 is 1.14 bits per heavy atom. The van der Waals surface area contributed by atoms with E-state index in [1.54, 1.807) is 12.4 Å². The van der Waals surface area contributed by atoms with Crippen LogP contribution in [-0.4, -0.2) is 29.1 Å². The second kappa shape index (κ2) is 10.0. The molecular formula is C42H24N6S. The minimum Gasteiger partial charge on any atom is -0.307 e. The number of benzene rings is 6. The predicted octanol–water partition coefficient (Wildman–Crippen LogP) is 10.6. The molecule has 0 fully saturated rings. The van der Waals surface area contributed by atoms with Crippen molar-refractivity contribution in [3.63, 3.8) is 0 Å². The van der Waals surface area contributed by atoms with Crippen LogP contribution in [0.25, 0.3) is 97.7 Å². The third kappa shape index (κ3) is 3.82. The molecule has 0 aliphatic heterocycles. The summed E-state index contributed by atoms with van der Waals surface area (Å²) in [6, 6.07) is 45.2. The van der Waals surface area contributed by atoms with Crippen molar-refractivity contribution in [1.82, 2.24) is 29.1 Å². The molecule has 0 aliphatic carbocycles. The van der Waals surface area contributed by atoms with Crippen LogP contribution in [0.2, 0.25) is 0 Å². The van der Waals surface area contributed by atoms with Crippen molar-refractivity contribution in [1.29, 1.82) is 0 Å². The molecule has 11 rings (SSSR count). The molecular weight excluding hydrogens is 621 g/mol. The van der Waals surface area contributed by atoms with Crippen LogP contribution in [-0.2, 0) is 0 Å². The molecule has 0 atom stereocenters. The smallest absolute Gasteiger partial charge is 0.161 e. The molecule has 11 aromatic rings. The van der Waals surface area contributed by atoms with Gasteiger partial charge in [0.25, 0.3) is 0 Å². The van der Waals surface area contributed by atoms with Gasteiger partial charge in [-0.3, -0.25) is 14.5 Å². The highest BCUT2D eigenvalue weighted by Crippen LogP contribution is 2.40. The Morgan fingerprint density at radius 3 is 1.98 bits per heavy atom. The van der Waals surface area contributed by atoms with Crippen LogP contribution in [0, 0.1) is 0 Å². The first kappa shape index (κ1) is 26.6. The first-order valence-electron chi connectivity index (χ1n) is 16.2. The fourth-order valence-corrected chi connectivity index (χ4v) is 8.72. The second-order valence-corrected chi connectivity index (χ2v) is 13.4. The highest BCUT2D eigenvalue weighted by molar-refractivity contribution is 7.25. The molecule has 0 spiro atoms. The maximum Gasteiger partial charge on any atom is 0.161 e. The zero-order valence-electron chi connectivity index (χ0n) is 25.9. The molecule has 0 bridgehead atoms. The third-order valence-electron chi connectivity index (χ3n) is 9.69. The maximum absolute atomic E-state index is 5.21. The van der Waals surface area contributed by atoms with Gasteiger partial charge in [-0.15, -0.1) is 11.3 Å². The minimum atomic E-state index is 0.706. The monoisotopic (exact) mass is 644 g/mol. The Labute approximate surface area is 283 Å². The number of fused-ring (bicyclic) bond motifs is 10. The van der Waals surface area contributed by atoms with Crippen LogP contribution in [0.15, 0.2) is 146 Å². The van der Waals surface area contributed by atoms with Crippen molar-refractivity contribution in [2.75, 3.05) is 0 Å². The van der Waals surface area contributed by atoms with Crippen LogP contribution in [0.5, 0.6) is 0 Å².